The van der Waals surface area contributed by atoms with Crippen LogP contribution in [-0.2, 0) is 25.5 Å². The van der Waals surface area contributed by atoms with Gasteiger partial charge in [-0.1, -0.05) is 54.1 Å². The molecule has 1 fully saturated rings. The number of aliphatic hydroxyl groups is 1. The van der Waals surface area contributed by atoms with Crippen molar-refractivity contribution in [2.24, 2.45) is 0 Å². The molecule has 1 saturated heterocycles. The highest BCUT2D eigenvalue weighted by atomic mass is 35.5. The average Bonchev–Trinajstić information content (AvgIpc) is 3.19. The summed E-state index contributed by atoms with van der Waals surface area (Å²) in [4.78, 5) is 40.0. The quantitative estimate of drug-likeness (QED) is 0.185. The number of aliphatic hydroxyl groups excluding tert-OH is 1. The number of carbonyl (C=O) groups is 3. The van der Waals surface area contributed by atoms with E-state index < -0.39 is 23.5 Å². The smallest absolute Gasteiger partial charge is 0.310 e. The molecule has 1 heterocycles. The van der Waals surface area contributed by atoms with Crippen LogP contribution in [0.3, 0.4) is 0 Å². The molecule has 1 aliphatic rings. The van der Waals surface area contributed by atoms with Crippen molar-refractivity contribution >= 4 is 40.7 Å². The van der Waals surface area contributed by atoms with E-state index in [1.54, 1.807) is 55.5 Å². The first-order valence-corrected chi connectivity index (χ1v) is 12.2. The van der Waals surface area contributed by atoms with Crippen LogP contribution in [-0.4, -0.2) is 43.6 Å². The van der Waals surface area contributed by atoms with E-state index >= 15 is 0 Å². The van der Waals surface area contributed by atoms with Gasteiger partial charge >= 0.3 is 5.97 Å². The van der Waals surface area contributed by atoms with E-state index in [1.807, 2.05) is 6.07 Å². The second kappa shape index (κ2) is 11.4. The number of esters is 1. The third kappa shape index (κ3) is 5.08. The van der Waals surface area contributed by atoms with E-state index in [0.29, 0.717) is 16.8 Å². The summed E-state index contributed by atoms with van der Waals surface area (Å²) in [7, 11) is 2.83. The summed E-state index contributed by atoms with van der Waals surface area (Å²) in [6.45, 7) is 2.01. The largest absolute Gasteiger partial charge is 0.507 e. The second-order valence-corrected chi connectivity index (χ2v) is 8.82. The molecule has 1 unspecified atom stereocenters. The van der Waals surface area contributed by atoms with Crippen LogP contribution < -0.4 is 14.4 Å². The van der Waals surface area contributed by atoms with Crippen LogP contribution in [0.1, 0.15) is 29.7 Å². The Hall–Kier alpha value is -4.30. The molecule has 1 atom stereocenters. The number of hydrogen-bond acceptors (Lipinski definition) is 7. The molecule has 3 aromatic rings. The van der Waals surface area contributed by atoms with Gasteiger partial charge in [-0.3, -0.25) is 19.3 Å². The zero-order chi connectivity index (χ0) is 27.4. The second-order valence-electron chi connectivity index (χ2n) is 8.42. The van der Waals surface area contributed by atoms with Gasteiger partial charge in [-0.15, -0.1) is 0 Å². The van der Waals surface area contributed by atoms with Crippen molar-refractivity contribution in [3.05, 3.63) is 94.0 Å². The molecule has 0 aromatic heterocycles. The number of amides is 1. The molecule has 196 valence electrons. The Kier molecular flexibility index (Phi) is 8.02. The van der Waals surface area contributed by atoms with E-state index in [0.717, 1.165) is 0 Å². The normalized spacial score (nSPS) is 16.4. The molecule has 3 aromatic carbocycles. The number of anilines is 1. The number of rotatable bonds is 8. The number of methoxy groups -OCH3 is 2. The SMILES string of the molecule is CCOC(=O)Cc1ccc(N2C(=O)C(=O)/C(=C(/O)c3cc(OC)c(Cl)cc3OC)C2c2ccccc2)cc1. The third-order valence-corrected chi connectivity index (χ3v) is 6.45. The fraction of sp³-hybridized carbons (Fsp3) is 0.207. The molecule has 8 nitrogen and oxygen atoms in total. The van der Waals surface area contributed by atoms with Crippen LogP contribution in [0.5, 0.6) is 11.5 Å². The number of halogens is 1. The van der Waals surface area contributed by atoms with Crippen LogP contribution in [0.25, 0.3) is 5.76 Å². The molecular formula is C29H26ClNO7. The van der Waals surface area contributed by atoms with Gasteiger partial charge in [0.25, 0.3) is 11.7 Å². The minimum atomic E-state index is -0.932. The summed E-state index contributed by atoms with van der Waals surface area (Å²) in [6.07, 6.45) is 0.0766. The number of ether oxygens (including phenoxy) is 3. The number of hydrogen-bond donors (Lipinski definition) is 1. The van der Waals surface area contributed by atoms with E-state index in [4.69, 9.17) is 25.8 Å². The molecule has 0 aliphatic carbocycles. The van der Waals surface area contributed by atoms with Gasteiger partial charge in [-0.25, -0.2) is 0 Å². The first-order valence-electron chi connectivity index (χ1n) is 11.8. The van der Waals surface area contributed by atoms with E-state index in [2.05, 4.69) is 0 Å². The average molecular weight is 536 g/mol. The van der Waals surface area contributed by atoms with Crippen LogP contribution in [0.4, 0.5) is 5.69 Å². The molecule has 4 rings (SSSR count). The number of Topliss-reactive ketones (excluding diaryl/α,β-unsaturated/α-hetero) is 1. The standard InChI is InChI=1S/C29H26ClNO7/c1-4-38-24(32)14-17-10-12-19(13-11-17)31-26(18-8-6-5-7-9-18)25(28(34)29(31)35)27(33)20-15-23(37-3)21(30)16-22(20)36-2/h5-13,15-16,26,33H,4,14H2,1-3H3/b27-25+. The molecule has 0 radical (unpaired) electrons. The fourth-order valence-electron chi connectivity index (χ4n) is 4.39. The number of nitrogens with zero attached hydrogens (tertiary/aromatic N) is 1. The zero-order valence-corrected chi connectivity index (χ0v) is 21.8. The van der Waals surface area contributed by atoms with Crippen LogP contribution in [0, 0.1) is 0 Å². The summed E-state index contributed by atoms with van der Waals surface area (Å²) in [6, 6.07) is 17.6. The lowest BCUT2D eigenvalue weighted by molar-refractivity contribution is -0.142. The Morgan fingerprint density at radius 2 is 1.63 bits per heavy atom. The van der Waals surface area contributed by atoms with E-state index in [-0.39, 0.29) is 46.7 Å². The molecule has 38 heavy (non-hydrogen) atoms. The Balaban J connectivity index is 1.86. The van der Waals surface area contributed by atoms with Crippen LogP contribution >= 0.6 is 11.6 Å². The number of benzene rings is 3. The summed E-state index contributed by atoms with van der Waals surface area (Å²) in [5.41, 5.74) is 1.77. The Labute approximate surface area is 225 Å². The lowest BCUT2D eigenvalue weighted by atomic mass is 9.94. The lowest BCUT2D eigenvalue weighted by Gasteiger charge is -2.25. The maximum Gasteiger partial charge on any atom is 0.310 e. The zero-order valence-electron chi connectivity index (χ0n) is 21.1. The summed E-state index contributed by atoms with van der Waals surface area (Å²) in [5.74, 6) is -1.99. The van der Waals surface area contributed by atoms with Gasteiger partial charge in [-0.05, 0) is 36.2 Å². The number of ketones is 1. The predicted molar refractivity (Wildman–Crippen MR) is 143 cm³/mol. The predicted octanol–water partition coefficient (Wildman–Crippen LogP) is 5.09. The number of carbonyl (C=O) groups excluding carboxylic acids is 3. The van der Waals surface area contributed by atoms with Crippen LogP contribution in [0.2, 0.25) is 5.02 Å². The van der Waals surface area contributed by atoms with Gasteiger partial charge in [0.2, 0.25) is 0 Å². The molecule has 0 saturated carbocycles. The maximum absolute atomic E-state index is 13.4. The Morgan fingerprint density at radius 3 is 2.24 bits per heavy atom. The Morgan fingerprint density at radius 1 is 0.974 bits per heavy atom. The van der Waals surface area contributed by atoms with Gasteiger partial charge in [-0.2, -0.15) is 0 Å². The highest BCUT2D eigenvalue weighted by molar-refractivity contribution is 6.51. The third-order valence-electron chi connectivity index (χ3n) is 6.16. The lowest BCUT2D eigenvalue weighted by Crippen LogP contribution is -2.29. The fourth-order valence-corrected chi connectivity index (χ4v) is 4.62. The van der Waals surface area contributed by atoms with E-state index in [9.17, 15) is 19.5 Å². The summed E-state index contributed by atoms with van der Waals surface area (Å²) in [5, 5.41) is 11.7. The highest BCUT2D eigenvalue weighted by Gasteiger charge is 2.47. The van der Waals surface area contributed by atoms with Crippen molar-refractivity contribution in [1.82, 2.24) is 0 Å². The van der Waals surface area contributed by atoms with Crippen molar-refractivity contribution in [2.75, 3.05) is 25.7 Å². The molecular weight excluding hydrogens is 510 g/mol. The van der Waals surface area contributed by atoms with Gasteiger partial charge in [0.05, 0.1) is 49.4 Å². The van der Waals surface area contributed by atoms with Crippen molar-refractivity contribution in [3.63, 3.8) is 0 Å². The monoisotopic (exact) mass is 535 g/mol. The molecule has 0 bridgehead atoms. The molecule has 0 spiro atoms. The van der Waals surface area contributed by atoms with Gasteiger partial charge in [0, 0.05) is 11.8 Å². The molecule has 1 aliphatic heterocycles. The van der Waals surface area contributed by atoms with Crippen LogP contribution in [0.15, 0.2) is 72.3 Å². The van der Waals surface area contributed by atoms with Crippen molar-refractivity contribution < 1.29 is 33.7 Å². The van der Waals surface area contributed by atoms with Gasteiger partial charge in [0.15, 0.2) is 0 Å². The van der Waals surface area contributed by atoms with Crippen molar-refractivity contribution in [3.8, 4) is 11.5 Å². The minimum absolute atomic E-state index is 0.0766. The van der Waals surface area contributed by atoms with Gasteiger partial charge < -0.3 is 19.3 Å². The molecule has 1 N–H and O–H groups in total. The summed E-state index contributed by atoms with van der Waals surface area (Å²) >= 11 is 6.23. The summed E-state index contributed by atoms with van der Waals surface area (Å²) < 4.78 is 15.7. The van der Waals surface area contributed by atoms with Crippen molar-refractivity contribution in [1.29, 1.82) is 0 Å². The van der Waals surface area contributed by atoms with Crippen molar-refractivity contribution in [2.45, 2.75) is 19.4 Å². The highest BCUT2D eigenvalue weighted by Crippen LogP contribution is 2.44. The van der Waals surface area contributed by atoms with Gasteiger partial charge in [0.1, 0.15) is 17.3 Å². The van der Waals surface area contributed by atoms with E-state index in [1.165, 1.54) is 31.3 Å². The maximum atomic E-state index is 13.4. The molecule has 9 heteroatoms. The minimum Gasteiger partial charge on any atom is -0.507 e. The first kappa shape index (κ1) is 26.8. The topological polar surface area (TPSA) is 102 Å². The molecule has 1 amide bonds. The Bertz CT molecular complexity index is 1400. The first-order chi connectivity index (χ1) is 18.3.